The van der Waals surface area contributed by atoms with Gasteiger partial charge >= 0.3 is 0 Å². The molecule has 0 spiro atoms. The maximum absolute atomic E-state index is 5.70. The van der Waals surface area contributed by atoms with Crippen LogP contribution in [0.5, 0.6) is 11.5 Å². The molecule has 0 atom stereocenters. The molecular formula is C17H29BrN2O2. The van der Waals surface area contributed by atoms with Gasteiger partial charge in [-0.05, 0) is 60.6 Å². The van der Waals surface area contributed by atoms with E-state index >= 15 is 0 Å². The minimum atomic E-state index is 0.625. The van der Waals surface area contributed by atoms with Gasteiger partial charge in [0.25, 0.3) is 0 Å². The lowest BCUT2D eigenvalue weighted by Gasteiger charge is -2.18. The van der Waals surface area contributed by atoms with E-state index in [-0.39, 0.29) is 0 Å². The van der Waals surface area contributed by atoms with Gasteiger partial charge in [0.05, 0.1) is 17.7 Å². The molecule has 0 saturated carbocycles. The summed E-state index contributed by atoms with van der Waals surface area (Å²) < 4.78 is 12.3. The standard InChI is InChI=1S/C17H29BrN2O2/c1-5-20(6-2)10-9-19-13-14-11-15(18)17(22-8-4)16(12-14)21-7-3/h11-12,19H,5-10,13H2,1-4H3. The van der Waals surface area contributed by atoms with Gasteiger partial charge in [-0.3, -0.25) is 0 Å². The van der Waals surface area contributed by atoms with Gasteiger partial charge in [0.1, 0.15) is 0 Å². The first-order chi connectivity index (χ1) is 10.7. The molecule has 1 rings (SSSR count). The summed E-state index contributed by atoms with van der Waals surface area (Å²) in [4.78, 5) is 2.41. The summed E-state index contributed by atoms with van der Waals surface area (Å²) in [5, 5.41) is 3.49. The van der Waals surface area contributed by atoms with E-state index in [2.05, 4.69) is 52.1 Å². The zero-order chi connectivity index (χ0) is 16.4. The second-order valence-electron chi connectivity index (χ2n) is 4.97. The summed E-state index contributed by atoms with van der Waals surface area (Å²) in [6.07, 6.45) is 0. The van der Waals surface area contributed by atoms with Crippen LogP contribution in [-0.4, -0.2) is 44.3 Å². The van der Waals surface area contributed by atoms with Crippen molar-refractivity contribution in [3.05, 3.63) is 22.2 Å². The molecule has 1 aromatic rings. The molecule has 0 aliphatic rings. The summed E-state index contributed by atoms with van der Waals surface area (Å²) in [5.41, 5.74) is 1.19. The highest BCUT2D eigenvalue weighted by atomic mass is 79.9. The van der Waals surface area contributed by atoms with Crippen LogP contribution in [0.15, 0.2) is 16.6 Å². The molecule has 1 aromatic carbocycles. The number of benzene rings is 1. The Morgan fingerprint density at radius 1 is 1.05 bits per heavy atom. The van der Waals surface area contributed by atoms with Crippen LogP contribution in [0.1, 0.15) is 33.3 Å². The number of nitrogens with zero attached hydrogens (tertiary/aromatic N) is 1. The summed E-state index contributed by atoms with van der Waals surface area (Å²) in [6, 6.07) is 4.15. The van der Waals surface area contributed by atoms with Crippen LogP contribution in [0.4, 0.5) is 0 Å². The van der Waals surface area contributed by atoms with Gasteiger partial charge in [-0.25, -0.2) is 0 Å². The number of halogens is 1. The van der Waals surface area contributed by atoms with Crippen LogP contribution in [0, 0.1) is 0 Å². The smallest absolute Gasteiger partial charge is 0.175 e. The van der Waals surface area contributed by atoms with E-state index in [1.807, 2.05) is 13.8 Å². The molecule has 126 valence electrons. The Labute approximate surface area is 143 Å². The third kappa shape index (κ3) is 6.15. The molecule has 0 aromatic heterocycles. The summed E-state index contributed by atoms with van der Waals surface area (Å²) >= 11 is 3.58. The molecule has 4 nitrogen and oxygen atoms in total. The van der Waals surface area contributed by atoms with Gasteiger partial charge in [0.2, 0.25) is 0 Å². The largest absolute Gasteiger partial charge is 0.490 e. The Kier molecular flexibility index (Phi) is 9.52. The van der Waals surface area contributed by atoms with Crippen molar-refractivity contribution in [2.45, 2.75) is 34.2 Å². The predicted octanol–water partition coefficient (Wildman–Crippen LogP) is 3.68. The normalized spacial score (nSPS) is 11.0. The number of nitrogens with one attached hydrogen (secondary N) is 1. The molecule has 0 bridgehead atoms. The fourth-order valence-electron chi connectivity index (χ4n) is 2.28. The molecule has 0 unspecified atom stereocenters. The van der Waals surface area contributed by atoms with Gasteiger partial charge in [0.15, 0.2) is 11.5 Å². The molecule has 0 heterocycles. The van der Waals surface area contributed by atoms with E-state index in [4.69, 9.17) is 9.47 Å². The summed E-state index contributed by atoms with van der Waals surface area (Å²) in [6.45, 7) is 14.7. The number of rotatable bonds is 11. The topological polar surface area (TPSA) is 33.7 Å². The number of likely N-dealkylation sites (N-methyl/N-ethyl adjacent to an activating group) is 1. The van der Waals surface area contributed by atoms with E-state index in [0.717, 1.165) is 48.7 Å². The van der Waals surface area contributed by atoms with Crippen molar-refractivity contribution in [2.24, 2.45) is 0 Å². The van der Waals surface area contributed by atoms with Crippen LogP contribution in [0.2, 0.25) is 0 Å². The van der Waals surface area contributed by atoms with Gasteiger partial charge in [-0.2, -0.15) is 0 Å². The second-order valence-corrected chi connectivity index (χ2v) is 5.83. The van der Waals surface area contributed by atoms with E-state index in [1.54, 1.807) is 0 Å². The van der Waals surface area contributed by atoms with Crippen LogP contribution < -0.4 is 14.8 Å². The van der Waals surface area contributed by atoms with Crippen molar-refractivity contribution in [3.63, 3.8) is 0 Å². The fourth-order valence-corrected chi connectivity index (χ4v) is 2.88. The van der Waals surface area contributed by atoms with Crippen molar-refractivity contribution >= 4 is 15.9 Å². The molecule has 0 amide bonds. The van der Waals surface area contributed by atoms with Gasteiger partial charge < -0.3 is 19.7 Å². The molecular weight excluding hydrogens is 344 g/mol. The van der Waals surface area contributed by atoms with E-state index in [1.165, 1.54) is 5.56 Å². The zero-order valence-corrected chi connectivity index (χ0v) is 15.8. The molecule has 0 fully saturated rings. The van der Waals surface area contributed by atoms with Crippen molar-refractivity contribution in [3.8, 4) is 11.5 Å². The monoisotopic (exact) mass is 372 g/mol. The highest BCUT2D eigenvalue weighted by molar-refractivity contribution is 9.10. The lowest BCUT2D eigenvalue weighted by molar-refractivity contribution is 0.285. The first-order valence-corrected chi connectivity index (χ1v) is 8.96. The Balaban J connectivity index is 2.63. The van der Waals surface area contributed by atoms with Crippen LogP contribution >= 0.6 is 15.9 Å². The maximum atomic E-state index is 5.70. The van der Waals surface area contributed by atoms with Crippen LogP contribution in [0.25, 0.3) is 0 Å². The highest BCUT2D eigenvalue weighted by Gasteiger charge is 2.11. The Bertz CT molecular complexity index is 437. The molecule has 1 N–H and O–H groups in total. The first-order valence-electron chi connectivity index (χ1n) is 8.17. The highest BCUT2D eigenvalue weighted by Crippen LogP contribution is 2.36. The average Bonchev–Trinajstić information content (AvgIpc) is 2.51. The zero-order valence-electron chi connectivity index (χ0n) is 14.2. The van der Waals surface area contributed by atoms with Crippen molar-refractivity contribution in [1.82, 2.24) is 10.2 Å². The minimum Gasteiger partial charge on any atom is -0.490 e. The minimum absolute atomic E-state index is 0.625. The molecule has 0 aliphatic carbocycles. The average molecular weight is 373 g/mol. The Morgan fingerprint density at radius 3 is 2.32 bits per heavy atom. The van der Waals surface area contributed by atoms with Gasteiger partial charge in [0, 0.05) is 19.6 Å². The second kappa shape index (κ2) is 10.9. The van der Waals surface area contributed by atoms with Crippen LogP contribution in [-0.2, 0) is 6.54 Å². The molecule has 0 radical (unpaired) electrons. The third-order valence-corrected chi connectivity index (χ3v) is 4.08. The van der Waals surface area contributed by atoms with Crippen molar-refractivity contribution in [1.29, 1.82) is 0 Å². The quantitative estimate of drug-likeness (QED) is 0.600. The van der Waals surface area contributed by atoms with Crippen molar-refractivity contribution < 1.29 is 9.47 Å². The molecule has 0 aliphatic heterocycles. The number of hydrogen-bond donors (Lipinski definition) is 1. The summed E-state index contributed by atoms with van der Waals surface area (Å²) in [5.74, 6) is 1.59. The van der Waals surface area contributed by atoms with E-state index in [0.29, 0.717) is 13.2 Å². The Morgan fingerprint density at radius 2 is 1.73 bits per heavy atom. The summed E-state index contributed by atoms with van der Waals surface area (Å²) in [7, 11) is 0. The lowest BCUT2D eigenvalue weighted by atomic mass is 10.2. The number of ether oxygens (including phenoxy) is 2. The first kappa shape index (κ1) is 19.3. The van der Waals surface area contributed by atoms with Gasteiger partial charge in [-0.1, -0.05) is 13.8 Å². The number of hydrogen-bond acceptors (Lipinski definition) is 4. The van der Waals surface area contributed by atoms with Crippen LogP contribution in [0.3, 0.4) is 0 Å². The SMILES string of the molecule is CCOc1cc(CNCCN(CC)CC)cc(Br)c1OCC. The molecule has 22 heavy (non-hydrogen) atoms. The lowest BCUT2D eigenvalue weighted by Crippen LogP contribution is -2.31. The van der Waals surface area contributed by atoms with Gasteiger partial charge in [-0.15, -0.1) is 0 Å². The predicted molar refractivity (Wildman–Crippen MR) is 96.0 cm³/mol. The Hall–Kier alpha value is -0.780. The third-order valence-electron chi connectivity index (χ3n) is 3.49. The van der Waals surface area contributed by atoms with E-state index in [9.17, 15) is 0 Å². The van der Waals surface area contributed by atoms with Crippen molar-refractivity contribution in [2.75, 3.05) is 39.4 Å². The molecule has 5 heteroatoms. The molecule has 0 saturated heterocycles. The fraction of sp³-hybridized carbons (Fsp3) is 0.647. The maximum Gasteiger partial charge on any atom is 0.175 e. The van der Waals surface area contributed by atoms with E-state index < -0.39 is 0 Å².